The molecule has 0 aromatic heterocycles. The zero-order valence-corrected chi connectivity index (χ0v) is 17.7. The quantitative estimate of drug-likeness (QED) is 0.336. The fourth-order valence-electron chi connectivity index (χ4n) is 0.497. The second-order valence-electron chi connectivity index (χ2n) is 3.10. The molecule has 0 aliphatic heterocycles. The zero-order chi connectivity index (χ0) is 17.6. The van der Waals surface area contributed by atoms with Crippen LogP contribution in [-0.2, 0) is 14.4 Å². The van der Waals surface area contributed by atoms with E-state index in [9.17, 15) is 0 Å². The molecule has 0 aliphatic rings. The Morgan fingerprint density at radius 3 is 1.48 bits per heavy atom. The summed E-state index contributed by atoms with van der Waals surface area (Å²) in [5.41, 5.74) is 0. The summed E-state index contributed by atoms with van der Waals surface area (Å²) in [6.45, 7) is 2.92. The average molecular weight is 575 g/mol. The molecular formula is C12H12BrClO6Pb. The van der Waals surface area contributed by atoms with Crippen molar-refractivity contribution in [2.45, 2.75) is 20.8 Å². The molecule has 1 aromatic rings. The second kappa shape index (κ2) is 15.7. The number of carboxylic acids is 3. The summed E-state index contributed by atoms with van der Waals surface area (Å²) >= 11 is 10.2. The molecule has 9 heteroatoms. The van der Waals surface area contributed by atoms with Crippen LogP contribution >= 0.6 is 27.5 Å². The van der Waals surface area contributed by atoms with E-state index in [2.05, 4.69) is 22.0 Å². The van der Waals surface area contributed by atoms with Gasteiger partial charge in [-0.2, -0.15) is 0 Å². The van der Waals surface area contributed by atoms with Crippen molar-refractivity contribution in [3.63, 3.8) is 0 Å². The Morgan fingerprint density at radius 1 is 1.00 bits per heavy atom. The first kappa shape index (κ1) is 25.3. The number of hydrogen-bond acceptors (Lipinski definition) is 6. The van der Waals surface area contributed by atoms with E-state index in [-0.39, 0.29) is 0 Å². The Kier molecular flexibility index (Phi) is 18.9. The standard InChI is InChI=1S/C6H3BrCl.3C2H4O2.Pb/c7-5-1-3-6(8)4-2-5;3*1-2(3)4;/h1-3H;3*1H3,(H,3,4);/q;;;;+3/p-3. The number of carbonyl (C=O) groups excluding carboxylic acids is 3. The monoisotopic (exact) mass is 574 g/mol. The van der Waals surface area contributed by atoms with Crippen molar-refractivity contribution in [1.82, 2.24) is 0 Å². The van der Waals surface area contributed by atoms with Crippen LogP contribution in [0.15, 0.2) is 22.7 Å². The van der Waals surface area contributed by atoms with Crippen molar-refractivity contribution >= 4 is 74.3 Å². The average Bonchev–Trinajstić information content (AvgIpc) is 2.21. The van der Waals surface area contributed by atoms with Crippen molar-refractivity contribution in [2.75, 3.05) is 0 Å². The van der Waals surface area contributed by atoms with Gasteiger partial charge in [0.15, 0.2) is 0 Å². The van der Waals surface area contributed by atoms with E-state index in [1.807, 2.05) is 12.1 Å². The van der Waals surface area contributed by atoms with Crippen LogP contribution in [0.2, 0.25) is 5.02 Å². The molecule has 21 heavy (non-hydrogen) atoms. The molecule has 0 amide bonds. The number of halogens is 2. The predicted molar refractivity (Wildman–Crippen MR) is 76.6 cm³/mol. The molecule has 0 fully saturated rings. The van der Waals surface area contributed by atoms with Gasteiger partial charge in [0.05, 0.1) is 0 Å². The zero-order valence-electron chi connectivity index (χ0n) is 11.4. The van der Waals surface area contributed by atoms with E-state index >= 15 is 0 Å². The predicted octanol–water partition coefficient (Wildman–Crippen LogP) is -1.84. The van der Waals surface area contributed by atoms with Crippen molar-refractivity contribution < 1.29 is 29.7 Å². The molecule has 0 bridgehead atoms. The Morgan fingerprint density at radius 2 is 1.29 bits per heavy atom. The molecule has 0 atom stereocenters. The maximum atomic E-state index is 8.89. The van der Waals surface area contributed by atoms with Crippen molar-refractivity contribution in [2.24, 2.45) is 0 Å². The van der Waals surface area contributed by atoms with Crippen LogP contribution in [0.4, 0.5) is 0 Å². The first-order chi connectivity index (χ1) is 9.39. The van der Waals surface area contributed by atoms with Crippen LogP contribution in [0.5, 0.6) is 0 Å². The molecule has 0 heterocycles. The van der Waals surface area contributed by atoms with Gasteiger partial charge < -0.3 is 29.7 Å². The summed E-state index contributed by atoms with van der Waals surface area (Å²) in [7, 11) is 0. The van der Waals surface area contributed by atoms with Gasteiger partial charge in [0.2, 0.25) is 0 Å². The summed E-state index contributed by atoms with van der Waals surface area (Å²) in [5, 5.41) is 27.5. The summed E-state index contributed by atoms with van der Waals surface area (Å²) in [6.07, 6.45) is 0. The van der Waals surface area contributed by atoms with E-state index in [1.165, 1.54) is 3.12 Å². The van der Waals surface area contributed by atoms with Crippen molar-refractivity contribution in [3.05, 3.63) is 27.7 Å². The van der Waals surface area contributed by atoms with Crippen LogP contribution in [0.1, 0.15) is 20.8 Å². The number of rotatable bonds is 0. The molecule has 0 aliphatic carbocycles. The Labute approximate surface area is 151 Å². The van der Waals surface area contributed by atoms with Gasteiger partial charge in [-0.25, -0.2) is 0 Å². The SMILES string of the molecule is CC(=O)[O-].CC(=O)[O-].CC(=O)[O-].Clc1ccc(Br)c[c]1[Pb+3]. The molecule has 6 nitrogen and oxygen atoms in total. The van der Waals surface area contributed by atoms with Gasteiger partial charge in [-0.3, -0.25) is 0 Å². The number of carbonyl (C=O) groups is 3. The third-order valence-electron chi connectivity index (χ3n) is 0.928. The van der Waals surface area contributed by atoms with Crippen LogP contribution in [-0.4, -0.2) is 43.7 Å². The van der Waals surface area contributed by atoms with E-state index in [0.29, 0.717) is 0 Å². The Balaban J connectivity index is -0.000000230. The summed E-state index contributed by atoms with van der Waals surface area (Å²) < 4.78 is 2.35. The van der Waals surface area contributed by atoms with E-state index in [0.717, 1.165) is 56.0 Å². The van der Waals surface area contributed by atoms with Crippen molar-refractivity contribution in [3.8, 4) is 0 Å². The van der Waals surface area contributed by atoms with Gasteiger partial charge in [-0.15, -0.1) is 0 Å². The van der Waals surface area contributed by atoms with E-state index < -0.39 is 17.9 Å². The first-order valence-electron chi connectivity index (χ1n) is 5.09. The van der Waals surface area contributed by atoms with Crippen LogP contribution in [0.25, 0.3) is 0 Å². The first-order valence-corrected chi connectivity index (χ1v) is 8.21. The summed E-state index contributed by atoms with van der Waals surface area (Å²) in [6, 6.07) is 5.91. The fourth-order valence-corrected chi connectivity index (χ4v) is 2.73. The Hall–Kier alpha value is -0.678. The number of aliphatic carboxylic acids is 3. The molecule has 1 aromatic carbocycles. The van der Waals surface area contributed by atoms with Crippen LogP contribution in [0, 0.1) is 0 Å². The number of carboxylic acid groups (broad SMARTS) is 3. The molecule has 0 spiro atoms. The van der Waals surface area contributed by atoms with E-state index in [4.69, 9.17) is 41.3 Å². The van der Waals surface area contributed by atoms with Gasteiger partial charge >= 0.3 is 84.1 Å². The maximum absolute atomic E-state index is 8.89. The van der Waals surface area contributed by atoms with Gasteiger partial charge in [0.1, 0.15) is 0 Å². The molecule has 1 rings (SSSR count). The van der Waals surface area contributed by atoms with Crippen LogP contribution < -0.4 is 18.4 Å². The second-order valence-corrected chi connectivity index (χ2v) is 6.52. The third-order valence-corrected chi connectivity index (χ3v) is 3.98. The normalized spacial score (nSPS) is 7.76. The Bertz CT molecular complexity index is 427. The molecule has 0 N–H and O–H groups in total. The molecular weight excluding hydrogens is 563 g/mol. The number of hydrogen-bond donors (Lipinski definition) is 0. The van der Waals surface area contributed by atoms with Crippen molar-refractivity contribution in [1.29, 1.82) is 0 Å². The van der Waals surface area contributed by atoms with Gasteiger partial charge in [-0.1, -0.05) is 0 Å². The van der Waals surface area contributed by atoms with Gasteiger partial charge in [-0.05, 0) is 20.8 Å². The fraction of sp³-hybridized carbons (Fsp3) is 0.250. The topological polar surface area (TPSA) is 120 Å². The van der Waals surface area contributed by atoms with E-state index in [1.54, 1.807) is 0 Å². The third kappa shape index (κ3) is 38.2. The molecule has 0 unspecified atom stereocenters. The minimum atomic E-state index is -1.08. The van der Waals surface area contributed by atoms with Crippen LogP contribution in [0.3, 0.4) is 0 Å². The van der Waals surface area contributed by atoms with Gasteiger partial charge in [0.25, 0.3) is 0 Å². The number of benzene rings is 1. The molecule has 0 radical (unpaired) electrons. The minimum absolute atomic E-state index is 0.880. The van der Waals surface area contributed by atoms with Gasteiger partial charge in [0, 0.05) is 17.9 Å². The summed E-state index contributed by atoms with van der Waals surface area (Å²) in [5.74, 6) is -3.25. The molecule has 0 saturated heterocycles. The molecule has 0 saturated carbocycles. The molecule has 114 valence electrons. The summed E-state index contributed by atoms with van der Waals surface area (Å²) in [4.78, 5) is 26.7.